The Kier molecular flexibility index (Phi) is 2.52. The van der Waals surface area contributed by atoms with Crippen molar-refractivity contribution >= 4 is 10.9 Å². The molecule has 0 amide bonds. The number of phenolic OH excluding ortho intramolecular Hbond substituents is 1. The highest BCUT2D eigenvalue weighted by atomic mass is 16.3. The van der Waals surface area contributed by atoms with Crippen LogP contribution >= 0.6 is 0 Å². The number of hydrogen-bond donors (Lipinski definition) is 1. The molecule has 0 saturated heterocycles. The molecule has 1 unspecified atom stereocenters. The lowest BCUT2D eigenvalue weighted by atomic mass is 10.1. The van der Waals surface area contributed by atoms with E-state index in [4.69, 9.17) is 0 Å². The molecule has 0 fully saturated rings. The Bertz CT molecular complexity index is 670. The Morgan fingerprint density at radius 2 is 1.78 bits per heavy atom. The Morgan fingerprint density at radius 3 is 2.56 bits per heavy atom. The van der Waals surface area contributed by atoms with E-state index >= 15 is 0 Å². The molecule has 90 valence electrons. The number of rotatable bonds is 2. The van der Waals surface area contributed by atoms with Crippen LogP contribution in [0, 0.1) is 0 Å². The van der Waals surface area contributed by atoms with Crippen molar-refractivity contribution in [3.8, 4) is 5.75 Å². The molecule has 1 atom stereocenters. The van der Waals surface area contributed by atoms with Gasteiger partial charge in [-0.05, 0) is 30.7 Å². The van der Waals surface area contributed by atoms with Crippen molar-refractivity contribution in [2.45, 2.75) is 13.0 Å². The zero-order valence-corrected chi connectivity index (χ0v) is 10.1. The number of benzene rings is 2. The maximum atomic E-state index is 9.32. The standard InChI is InChI=1S/C15H14N2O/c1-11(12-6-8-14(18)9-7-12)17-15-5-3-2-4-13(15)10-16-17/h2-11,18H,1H3. The van der Waals surface area contributed by atoms with Gasteiger partial charge >= 0.3 is 0 Å². The van der Waals surface area contributed by atoms with Gasteiger partial charge in [0.1, 0.15) is 5.75 Å². The van der Waals surface area contributed by atoms with Crippen LogP contribution in [-0.2, 0) is 0 Å². The summed E-state index contributed by atoms with van der Waals surface area (Å²) >= 11 is 0. The molecule has 1 N–H and O–H groups in total. The normalized spacial score (nSPS) is 12.7. The fourth-order valence-corrected chi connectivity index (χ4v) is 2.19. The smallest absolute Gasteiger partial charge is 0.115 e. The van der Waals surface area contributed by atoms with Gasteiger partial charge in [-0.15, -0.1) is 0 Å². The van der Waals surface area contributed by atoms with Gasteiger partial charge < -0.3 is 5.11 Å². The van der Waals surface area contributed by atoms with Crippen molar-refractivity contribution in [1.82, 2.24) is 9.78 Å². The third kappa shape index (κ3) is 1.74. The van der Waals surface area contributed by atoms with Crippen molar-refractivity contribution in [2.75, 3.05) is 0 Å². The molecule has 3 nitrogen and oxygen atoms in total. The number of fused-ring (bicyclic) bond motifs is 1. The summed E-state index contributed by atoms with van der Waals surface area (Å²) in [6, 6.07) is 15.6. The van der Waals surface area contributed by atoms with Crippen LogP contribution in [0.2, 0.25) is 0 Å². The van der Waals surface area contributed by atoms with Crippen LogP contribution < -0.4 is 0 Å². The number of para-hydroxylation sites is 1. The molecule has 3 aromatic rings. The van der Waals surface area contributed by atoms with Gasteiger partial charge in [-0.25, -0.2) is 0 Å². The summed E-state index contributed by atoms with van der Waals surface area (Å²) in [6.45, 7) is 2.10. The summed E-state index contributed by atoms with van der Waals surface area (Å²) in [5.74, 6) is 0.288. The first-order chi connectivity index (χ1) is 8.75. The molecule has 0 radical (unpaired) electrons. The lowest BCUT2D eigenvalue weighted by Crippen LogP contribution is -2.07. The number of aromatic hydroxyl groups is 1. The first-order valence-electron chi connectivity index (χ1n) is 5.97. The highest BCUT2D eigenvalue weighted by Gasteiger charge is 2.11. The largest absolute Gasteiger partial charge is 0.508 e. The molecule has 0 aliphatic heterocycles. The lowest BCUT2D eigenvalue weighted by molar-refractivity contribution is 0.474. The Labute approximate surface area is 105 Å². The molecule has 1 aromatic heterocycles. The number of nitrogens with zero attached hydrogens (tertiary/aromatic N) is 2. The van der Waals surface area contributed by atoms with Crippen molar-refractivity contribution in [3.05, 3.63) is 60.3 Å². The van der Waals surface area contributed by atoms with Crippen LogP contribution in [0.5, 0.6) is 5.75 Å². The third-order valence-electron chi connectivity index (χ3n) is 3.25. The minimum atomic E-state index is 0.144. The van der Waals surface area contributed by atoms with E-state index in [9.17, 15) is 5.11 Å². The van der Waals surface area contributed by atoms with Crippen molar-refractivity contribution in [1.29, 1.82) is 0 Å². The predicted molar refractivity (Wildman–Crippen MR) is 71.7 cm³/mol. The Balaban J connectivity index is 2.06. The van der Waals surface area contributed by atoms with Gasteiger partial charge in [0.2, 0.25) is 0 Å². The summed E-state index contributed by atoms with van der Waals surface area (Å²) in [5, 5.41) is 14.9. The number of aromatic nitrogens is 2. The van der Waals surface area contributed by atoms with Crippen molar-refractivity contribution < 1.29 is 5.11 Å². The minimum absolute atomic E-state index is 0.144. The van der Waals surface area contributed by atoms with Gasteiger partial charge in [0.05, 0.1) is 17.8 Å². The second kappa shape index (κ2) is 4.18. The van der Waals surface area contributed by atoms with Crippen LogP contribution in [0.3, 0.4) is 0 Å². The first kappa shape index (κ1) is 10.8. The van der Waals surface area contributed by atoms with E-state index in [2.05, 4.69) is 24.2 Å². The van der Waals surface area contributed by atoms with Gasteiger partial charge in [-0.3, -0.25) is 4.68 Å². The second-order valence-electron chi connectivity index (χ2n) is 4.42. The summed E-state index contributed by atoms with van der Waals surface area (Å²) in [4.78, 5) is 0. The van der Waals surface area contributed by atoms with Crippen LogP contribution in [0.25, 0.3) is 10.9 Å². The van der Waals surface area contributed by atoms with E-state index < -0.39 is 0 Å². The molecule has 18 heavy (non-hydrogen) atoms. The highest BCUT2D eigenvalue weighted by molar-refractivity contribution is 5.78. The summed E-state index contributed by atoms with van der Waals surface area (Å²) < 4.78 is 2.00. The van der Waals surface area contributed by atoms with Crippen LogP contribution in [-0.4, -0.2) is 14.9 Å². The molecule has 0 spiro atoms. The molecule has 0 aliphatic carbocycles. The Hall–Kier alpha value is -2.29. The van der Waals surface area contributed by atoms with Gasteiger partial charge in [0, 0.05) is 5.39 Å². The molecular weight excluding hydrogens is 224 g/mol. The molecular formula is C15H14N2O. The average Bonchev–Trinajstić information content (AvgIpc) is 2.82. The number of hydrogen-bond acceptors (Lipinski definition) is 2. The lowest BCUT2D eigenvalue weighted by Gasteiger charge is -2.14. The maximum Gasteiger partial charge on any atom is 0.115 e. The molecule has 3 heteroatoms. The Morgan fingerprint density at radius 1 is 1.06 bits per heavy atom. The van der Waals surface area contributed by atoms with Gasteiger partial charge in [-0.1, -0.05) is 30.3 Å². The minimum Gasteiger partial charge on any atom is -0.508 e. The van der Waals surface area contributed by atoms with E-state index in [0.717, 1.165) is 16.5 Å². The maximum absolute atomic E-state index is 9.32. The van der Waals surface area contributed by atoms with E-state index in [1.54, 1.807) is 12.1 Å². The topological polar surface area (TPSA) is 38.0 Å². The average molecular weight is 238 g/mol. The van der Waals surface area contributed by atoms with Gasteiger partial charge in [-0.2, -0.15) is 5.10 Å². The molecule has 2 aromatic carbocycles. The summed E-state index contributed by atoms with van der Waals surface area (Å²) in [5.41, 5.74) is 2.25. The van der Waals surface area contributed by atoms with Crippen LogP contribution in [0.4, 0.5) is 0 Å². The zero-order valence-electron chi connectivity index (χ0n) is 10.1. The van der Waals surface area contributed by atoms with E-state index in [-0.39, 0.29) is 11.8 Å². The van der Waals surface area contributed by atoms with Crippen molar-refractivity contribution in [2.24, 2.45) is 0 Å². The van der Waals surface area contributed by atoms with Crippen molar-refractivity contribution in [3.63, 3.8) is 0 Å². The summed E-state index contributed by atoms with van der Waals surface area (Å²) in [6.07, 6.45) is 1.88. The zero-order chi connectivity index (χ0) is 12.5. The molecule has 0 saturated carbocycles. The van der Waals surface area contributed by atoms with Crippen LogP contribution in [0.15, 0.2) is 54.7 Å². The second-order valence-corrected chi connectivity index (χ2v) is 4.42. The molecule has 0 bridgehead atoms. The SMILES string of the molecule is CC(c1ccc(O)cc1)n1ncc2ccccc21. The quantitative estimate of drug-likeness (QED) is 0.743. The number of phenols is 1. The predicted octanol–water partition coefficient (Wildman–Crippen LogP) is 3.35. The van der Waals surface area contributed by atoms with Gasteiger partial charge in [0.15, 0.2) is 0 Å². The third-order valence-corrected chi connectivity index (χ3v) is 3.25. The van der Waals surface area contributed by atoms with E-state index in [1.165, 1.54) is 0 Å². The molecule has 1 heterocycles. The molecule has 0 aliphatic rings. The summed E-state index contributed by atoms with van der Waals surface area (Å²) in [7, 11) is 0. The highest BCUT2D eigenvalue weighted by Crippen LogP contribution is 2.24. The van der Waals surface area contributed by atoms with Gasteiger partial charge in [0.25, 0.3) is 0 Å². The monoisotopic (exact) mass is 238 g/mol. The van der Waals surface area contributed by atoms with E-state index in [0.29, 0.717) is 0 Å². The fraction of sp³-hybridized carbons (Fsp3) is 0.133. The first-order valence-corrected chi connectivity index (χ1v) is 5.97. The molecule has 3 rings (SSSR count). The van der Waals surface area contributed by atoms with Crippen LogP contribution in [0.1, 0.15) is 18.5 Å². The van der Waals surface area contributed by atoms with E-state index in [1.807, 2.05) is 35.1 Å². The fourth-order valence-electron chi connectivity index (χ4n) is 2.19.